The van der Waals surface area contributed by atoms with Crippen LogP contribution in [0.3, 0.4) is 0 Å². The minimum Gasteiger partial charge on any atom is -0.294 e. The molecule has 0 atom stereocenters. The van der Waals surface area contributed by atoms with Crippen LogP contribution in [0.1, 0.15) is 23.2 Å². The van der Waals surface area contributed by atoms with Crippen molar-refractivity contribution in [2.45, 2.75) is 19.9 Å². The van der Waals surface area contributed by atoms with Gasteiger partial charge in [0.15, 0.2) is 0 Å². The largest absolute Gasteiger partial charge is 0.294 e. The van der Waals surface area contributed by atoms with Gasteiger partial charge in [0, 0.05) is 25.8 Å². The average Bonchev–Trinajstić information content (AvgIpc) is 2.49. The van der Waals surface area contributed by atoms with Crippen molar-refractivity contribution in [1.29, 1.82) is 0 Å². The van der Waals surface area contributed by atoms with Crippen molar-refractivity contribution in [3.63, 3.8) is 0 Å². The van der Waals surface area contributed by atoms with E-state index in [1.165, 1.54) is 16.7 Å². The van der Waals surface area contributed by atoms with Crippen LogP contribution in [-0.4, -0.2) is 23.0 Å². The van der Waals surface area contributed by atoms with E-state index < -0.39 is 0 Å². The van der Waals surface area contributed by atoms with E-state index in [9.17, 15) is 0 Å². The molecule has 0 saturated carbocycles. The monoisotopic (exact) mass is 264 g/mol. The first-order valence-electron chi connectivity index (χ1n) is 7.19. The molecule has 2 heterocycles. The molecule has 1 aliphatic heterocycles. The molecule has 1 aliphatic rings. The summed E-state index contributed by atoms with van der Waals surface area (Å²) in [5, 5.41) is 0. The summed E-state index contributed by atoms with van der Waals surface area (Å²) in [6, 6.07) is 15.0. The molecule has 0 spiro atoms. The molecule has 2 aromatic rings. The number of benzene rings is 1. The number of aromatic nitrogens is 1. The zero-order chi connectivity index (χ0) is 13.8. The van der Waals surface area contributed by atoms with Gasteiger partial charge in [0.05, 0.1) is 5.69 Å². The Hall–Kier alpha value is -1.93. The van der Waals surface area contributed by atoms with Gasteiger partial charge >= 0.3 is 0 Å². The maximum atomic E-state index is 4.55. The van der Waals surface area contributed by atoms with Crippen LogP contribution in [0.2, 0.25) is 0 Å². The summed E-state index contributed by atoms with van der Waals surface area (Å²) < 4.78 is 0. The van der Waals surface area contributed by atoms with Crippen molar-refractivity contribution in [1.82, 2.24) is 9.88 Å². The summed E-state index contributed by atoms with van der Waals surface area (Å²) in [5.74, 6) is 0. The maximum Gasteiger partial charge on any atom is 0.0671 e. The predicted octanol–water partition coefficient (Wildman–Crippen LogP) is 3.68. The third-order valence-corrected chi connectivity index (χ3v) is 3.72. The van der Waals surface area contributed by atoms with Gasteiger partial charge in [-0.3, -0.25) is 9.88 Å². The molecule has 102 valence electrons. The molecule has 2 heteroatoms. The van der Waals surface area contributed by atoms with Crippen molar-refractivity contribution in [2.75, 3.05) is 13.1 Å². The minimum atomic E-state index is 0.991. The fraction of sp³-hybridized carbons (Fsp3) is 0.278. The summed E-state index contributed by atoms with van der Waals surface area (Å²) in [6.45, 7) is 5.22. The van der Waals surface area contributed by atoms with Crippen molar-refractivity contribution in [2.24, 2.45) is 0 Å². The zero-order valence-corrected chi connectivity index (χ0v) is 11.9. The van der Waals surface area contributed by atoms with E-state index in [1.54, 1.807) is 0 Å². The van der Waals surface area contributed by atoms with Gasteiger partial charge in [0.1, 0.15) is 0 Å². The fourth-order valence-electron chi connectivity index (χ4n) is 2.63. The maximum absolute atomic E-state index is 4.55. The van der Waals surface area contributed by atoms with Crippen LogP contribution in [0, 0.1) is 6.92 Å². The summed E-state index contributed by atoms with van der Waals surface area (Å²) in [7, 11) is 0. The quantitative estimate of drug-likeness (QED) is 0.840. The highest BCUT2D eigenvalue weighted by Gasteiger charge is 2.14. The number of hydrogen-bond donors (Lipinski definition) is 0. The Bertz CT molecular complexity index is 585. The number of rotatable bonds is 3. The van der Waals surface area contributed by atoms with Crippen LogP contribution in [0.4, 0.5) is 0 Å². The highest BCUT2D eigenvalue weighted by molar-refractivity contribution is 5.64. The van der Waals surface area contributed by atoms with Crippen LogP contribution in [-0.2, 0) is 6.54 Å². The predicted molar refractivity (Wildman–Crippen MR) is 83.3 cm³/mol. The van der Waals surface area contributed by atoms with Crippen molar-refractivity contribution >= 4 is 5.57 Å². The Balaban J connectivity index is 1.70. The molecule has 0 N–H and O–H groups in total. The van der Waals surface area contributed by atoms with Gasteiger partial charge in [0.25, 0.3) is 0 Å². The van der Waals surface area contributed by atoms with Crippen molar-refractivity contribution < 1.29 is 0 Å². The van der Waals surface area contributed by atoms with E-state index in [4.69, 9.17) is 0 Å². The van der Waals surface area contributed by atoms with Crippen LogP contribution < -0.4 is 0 Å². The zero-order valence-electron chi connectivity index (χ0n) is 11.9. The summed E-state index contributed by atoms with van der Waals surface area (Å²) in [5.41, 5.74) is 5.07. The molecule has 0 bridgehead atoms. The number of nitrogens with zero attached hydrogens (tertiary/aromatic N) is 2. The van der Waals surface area contributed by atoms with Crippen LogP contribution in [0.25, 0.3) is 5.57 Å². The Morgan fingerprint density at radius 1 is 1.10 bits per heavy atom. The van der Waals surface area contributed by atoms with Gasteiger partial charge in [-0.05, 0) is 36.1 Å². The lowest BCUT2D eigenvalue weighted by Gasteiger charge is -2.27. The number of hydrogen-bond acceptors (Lipinski definition) is 2. The lowest BCUT2D eigenvalue weighted by Crippen LogP contribution is -2.29. The Morgan fingerprint density at radius 2 is 1.95 bits per heavy atom. The normalized spacial score (nSPS) is 15.9. The van der Waals surface area contributed by atoms with Gasteiger partial charge in [-0.2, -0.15) is 0 Å². The first kappa shape index (κ1) is 13.1. The Labute approximate surface area is 120 Å². The van der Waals surface area contributed by atoms with E-state index in [0.717, 1.165) is 31.7 Å². The molecular formula is C18H20N2. The SMILES string of the molecule is Cc1ccc(C2=CCCN(Cc3ccccc3)C2)nc1. The van der Waals surface area contributed by atoms with Crippen molar-refractivity contribution in [3.8, 4) is 0 Å². The van der Waals surface area contributed by atoms with E-state index in [1.807, 2.05) is 6.20 Å². The molecule has 2 nitrogen and oxygen atoms in total. The molecule has 0 radical (unpaired) electrons. The van der Waals surface area contributed by atoms with E-state index in [2.05, 4.69) is 65.3 Å². The third-order valence-electron chi connectivity index (χ3n) is 3.72. The highest BCUT2D eigenvalue weighted by Crippen LogP contribution is 2.20. The lowest BCUT2D eigenvalue weighted by atomic mass is 10.0. The molecule has 1 aromatic heterocycles. The second-order valence-corrected chi connectivity index (χ2v) is 5.44. The first-order valence-corrected chi connectivity index (χ1v) is 7.19. The smallest absolute Gasteiger partial charge is 0.0671 e. The molecule has 0 amide bonds. The average molecular weight is 264 g/mol. The second kappa shape index (κ2) is 6.02. The number of pyridine rings is 1. The van der Waals surface area contributed by atoms with Gasteiger partial charge in [0.2, 0.25) is 0 Å². The molecule has 0 fully saturated rings. The summed E-state index contributed by atoms with van der Waals surface area (Å²) in [4.78, 5) is 7.04. The highest BCUT2D eigenvalue weighted by atomic mass is 15.1. The first-order chi connectivity index (χ1) is 9.81. The van der Waals surface area contributed by atoms with E-state index in [-0.39, 0.29) is 0 Å². The lowest BCUT2D eigenvalue weighted by molar-refractivity contribution is 0.296. The van der Waals surface area contributed by atoms with Crippen LogP contribution >= 0.6 is 0 Å². The minimum absolute atomic E-state index is 0.991. The van der Waals surface area contributed by atoms with Gasteiger partial charge in [-0.25, -0.2) is 0 Å². The molecule has 1 aromatic carbocycles. The third kappa shape index (κ3) is 3.14. The second-order valence-electron chi connectivity index (χ2n) is 5.44. The number of aryl methyl sites for hydroxylation is 1. The molecule has 0 saturated heterocycles. The van der Waals surface area contributed by atoms with Crippen molar-refractivity contribution in [3.05, 3.63) is 71.6 Å². The molecular weight excluding hydrogens is 244 g/mol. The van der Waals surface area contributed by atoms with Crippen LogP contribution in [0.5, 0.6) is 0 Å². The Morgan fingerprint density at radius 3 is 2.70 bits per heavy atom. The summed E-state index contributed by atoms with van der Waals surface area (Å²) in [6.07, 6.45) is 5.39. The van der Waals surface area contributed by atoms with E-state index in [0.29, 0.717) is 0 Å². The van der Waals surface area contributed by atoms with Crippen LogP contribution in [0.15, 0.2) is 54.7 Å². The van der Waals surface area contributed by atoms with Gasteiger partial charge in [-0.1, -0.05) is 42.5 Å². The topological polar surface area (TPSA) is 16.1 Å². The molecule has 3 rings (SSSR count). The van der Waals surface area contributed by atoms with Gasteiger partial charge in [-0.15, -0.1) is 0 Å². The fourth-order valence-corrected chi connectivity index (χ4v) is 2.63. The van der Waals surface area contributed by atoms with E-state index >= 15 is 0 Å². The van der Waals surface area contributed by atoms with Gasteiger partial charge < -0.3 is 0 Å². The summed E-state index contributed by atoms with van der Waals surface area (Å²) >= 11 is 0. The Kier molecular flexibility index (Phi) is 3.93. The molecule has 0 aliphatic carbocycles. The molecule has 20 heavy (non-hydrogen) atoms. The molecule has 0 unspecified atom stereocenters. The standard InChI is InChI=1S/C18H20N2/c1-15-9-10-18(19-12-15)17-8-5-11-20(14-17)13-16-6-3-2-4-7-16/h2-4,6-10,12H,5,11,13-14H2,1H3.